The van der Waals surface area contributed by atoms with Crippen molar-refractivity contribution in [2.75, 3.05) is 26.3 Å². The summed E-state index contributed by atoms with van der Waals surface area (Å²) in [6, 6.07) is 33.3. The average Bonchev–Trinajstić information content (AvgIpc) is 3.07. The number of nitrogens with zero attached hydrogens (tertiary/aromatic N) is 2. The van der Waals surface area contributed by atoms with E-state index < -0.39 is 24.3 Å². The molecule has 8 nitrogen and oxygen atoms in total. The summed E-state index contributed by atoms with van der Waals surface area (Å²) in [5.74, 6) is 2.31. The maximum absolute atomic E-state index is 13.6. The summed E-state index contributed by atoms with van der Waals surface area (Å²) in [5.41, 5.74) is 1.71. The van der Waals surface area contributed by atoms with Crippen LogP contribution in [0.5, 0.6) is 23.0 Å². The number of fused-ring (bicyclic) bond motifs is 6. The van der Waals surface area contributed by atoms with Crippen molar-refractivity contribution in [3.05, 3.63) is 132 Å². The Balaban J connectivity index is 1.22. The Hall–Kier alpha value is -5.24. The number of carbonyl (C=O) groups excluding carboxylic acids is 2. The number of β-lactam (4-membered cyclic amide) rings is 2. The van der Waals surface area contributed by atoms with E-state index in [0.29, 0.717) is 49.3 Å². The van der Waals surface area contributed by atoms with Gasteiger partial charge in [-0.05, 0) is 48.6 Å². The van der Waals surface area contributed by atoms with Gasteiger partial charge in [0.25, 0.3) is 11.8 Å². The minimum Gasteiger partial charge on any atom is -0.489 e. The SMILES string of the molecule is O=C1[C@H](Oc2ccccc2)[C@@H]2c3ccccc3OC/C=C/COc3ccccc3[C@H]3[C@@H](Oc4ccccc4)C(=O)N3CCN12. The molecule has 4 aromatic rings. The number of amides is 2. The van der Waals surface area contributed by atoms with Crippen LogP contribution in [0.1, 0.15) is 23.2 Å². The van der Waals surface area contributed by atoms with Gasteiger partial charge in [-0.15, -0.1) is 0 Å². The molecule has 2 fully saturated rings. The van der Waals surface area contributed by atoms with Crippen LogP contribution in [0.4, 0.5) is 0 Å². The first-order valence-corrected chi connectivity index (χ1v) is 14.8. The number of carbonyl (C=O) groups is 2. The van der Waals surface area contributed by atoms with Gasteiger partial charge in [-0.3, -0.25) is 9.59 Å². The Morgan fingerprint density at radius 1 is 0.523 bits per heavy atom. The quantitative estimate of drug-likeness (QED) is 0.236. The Morgan fingerprint density at radius 3 is 1.34 bits per heavy atom. The topological polar surface area (TPSA) is 77.5 Å². The third-order valence-corrected chi connectivity index (χ3v) is 8.20. The van der Waals surface area contributed by atoms with Crippen LogP contribution in [0, 0.1) is 0 Å². The van der Waals surface area contributed by atoms with Gasteiger partial charge in [0, 0.05) is 24.2 Å². The van der Waals surface area contributed by atoms with Gasteiger partial charge in [0.2, 0.25) is 12.2 Å². The lowest BCUT2D eigenvalue weighted by molar-refractivity contribution is -0.172. The van der Waals surface area contributed by atoms with E-state index in [-0.39, 0.29) is 11.8 Å². The van der Waals surface area contributed by atoms with Crippen molar-refractivity contribution in [3.63, 3.8) is 0 Å². The van der Waals surface area contributed by atoms with Crippen molar-refractivity contribution in [2.24, 2.45) is 0 Å². The molecule has 0 aromatic heterocycles. The smallest absolute Gasteiger partial charge is 0.266 e. The first-order valence-electron chi connectivity index (χ1n) is 14.8. The van der Waals surface area contributed by atoms with Gasteiger partial charge in [0.1, 0.15) is 48.3 Å². The molecule has 4 atom stereocenters. The van der Waals surface area contributed by atoms with Crippen LogP contribution in [0.2, 0.25) is 0 Å². The minimum atomic E-state index is -0.720. The second-order valence-electron chi connectivity index (χ2n) is 10.8. The monoisotopic (exact) mass is 588 g/mol. The lowest BCUT2D eigenvalue weighted by Crippen LogP contribution is -2.66. The zero-order valence-electron chi connectivity index (χ0n) is 24.0. The molecule has 222 valence electrons. The molecule has 3 heterocycles. The van der Waals surface area contributed by atoms with E-state index >= 15 is 0 Å². The molecule has 0 saturated carbocycles. The average molecular weight is 589 g/mol. The van der Waals surface area contributed by atoms with Gasteiger partial charge in [-0.1, -0.05) is 72.8 Å². The highest BCUT2D eigenvalue weighted by Gasteiger charge is 2.54. The minimum absolute atomic E-state index is 0.139. The third-order valence-electron chi connectivity index (χ3n) is 8.20. The fraction of sp³-hybridized carbons (Fsp3) is 0.222. The Morgan fingerprint density at radius 2 is 0.909 bits per heavy atom. The molecule has 2 saturated heterocycles. The molecule has 44 heavy (non-hydrogen) atoms. The Kier molecular flexibility index (Phi) is 7.63. The lowest BCUT2D eigenvalue weighted by Gasteiger charge is -2.51. The van der Waals surface area contributed by atoms with Crippen LogP contribution < -0.4 is 18.9 Å². The van der Waals surface area contributed by atoms with Crippen molar-refractivity contribution in [3.8, 4) is 23.0 Å². The third kappa shape index (κ3) is 5.24. The van der Waals surface area contributed by atoms with Gasteiger partial charge in [0.15, 0.2) is 0 Å². The number of ether oxygens (including phenoxy) is 4. The fourth-order valence-corrected chi connectivity index (χ4v) is 6.06. The summed E-state index contributed by atoms with van der Waals surface area (Å²) in [7, 11) is 0. The first kappa shape index (κ1) is 27.6. The summed E-state index contributed by atoms with van der Waals surface area (Å²) >= 11 is 0. The maximum atomic E-state index is 13.6. The van der Waals surface area contributed by atoms with Crippen molar-refractivity contribution < 1.29 is 28.5 Å². The molecule has 0 N–H and O–H groups in total. The molecular weight excluding hydrogens is 556 g/mol. The normalized spacial score (nSPS) is 23.6. The number of hydrogen-bond acceptors (Lipinski definition) is 6. The predicted octanol–water partition coefficient (Wildman–Crippen LogP) is 5.38. The molecule has 8 heteroatoms. The molecule has 0 radical (unpaired) electrons. The number of benzene rings is 4. The van der Waals surface area contributed by atoms with Crippen molar-refractivity contribution in [1.82, 2.24) is 9.80 Å². The molecule has 0 bridgehead atoms. The summed E-state index contributed by atoms with van der Waals surface area (Å²) in [5, 5.41) is 0. The highest BCUT2D eigenvalue weighted by atomic mass is 16.5. The molecule has 0 spiro atoms. The van der Waals surface area contributed by atoms with Gasteiger partial charge in [-0.25, -0.2) is 0 Å². The van der Waals surface area contributed by atoms with Gasteiger partial charge < -0.3 is 28.7 Å². The maximum Gasteiger partial charge on any atom is 0.266 e. The van der Waals surface area contributed by atoms with E-state index in [0.717, 1.165) is 11.1 Å². The molecule has 3 aliphatic rings. The zero-order chi connectivity index (χ0) is 29.9. The number of hydrogen-bond donors (Lipinski definition) is 0. The van der Waals surface area contributed by atoms with Gasteiger partial charge in [-0.2, -0.15) is 0 Å². The van der Waals surface area contributed by atoms with E-state index in [1.807, 2.05) is 121 Å². The van der Waals surface area contributed by atoms with E-state index in [4.69, 9.17) is 18.9 Å². The van der Waals surface area contributed by atoms with E-state index in [2.05, 4.69) is 0 Å². The van der Waals surface area contributed by atoms with Crippen molar-refractivity contribution in [1.29, 1.82) is 0 Å². The highest BCUT2D eigenvalue weighted by molar-refractivity contribution is 5.91. The fourth-order valence-electron chi connectivity index (χ4n) is 6.06. The second kappa shape index (κ2) is 12.2. The van der Waals surface area contributed by atoms with Crippen molar-refractivity contribution >= 4 is 11.8 Å². The Labute approximate surface area is 256 Å². The van der Waals surface area contributed by atoms with Gasteiger partial charge >= 0.3 is 0 Å². The van der Waals surface area contributed by atoms with Gasteiger partial charge in [0.05, 0.1) is 0 Å². The first-order chi connectivity index (χ1) is 21.7. The molecule has 0 unspecified atom stereocenters. The standard InChI is InChI=1S/C36H32N2O6/c39-35-33(43-25-13-3-1-4-14-25)31-27-17-7-9-19-29(27)41-23-11-12-24-42-30-20-10-8-18-28(30)32-34(44-26-15-5-2-6-16-26)36(40)38(32)22-21-37(31)35/h1-20,31-34H,21-24H2/b12-11+/t31-,32-,33+,34+/m0/s1. The molecular formula is C36H32N2O6. The van der Waals surface area contributed by atoms with Crippen LogP contribution in [0.15, 0.2) is 121 Å². The molecule has 4 aromatic carbocycles. The summed E-state index contributed by atoms with van der Waals surface area (Å²) in [6.07, 6.45) is 2.38. The van der Waals surface area contributed by atoms with E-state index in [9.17, 15) is 9.59 Å². The zero-order valence-corrected chi connectivity index (χ0v) is 24.0. The van der Waals surface area contributed by atoms with Crippen LogP contribution in [-0.2, 0) is 9.59 Å². The molecule has 7 rings (SSSR count). The Bertz CT molecular complexity index is 1540. The van der Waals surface area contributed by atoms with Crippen molar-refractivity contribution in [2.45, 2.75) is 24.3 Å². The highest BCUT2D eigenvalue weighted by Crippen LogP contribution is 2.44. The molecule has 0 aliphatic carbocycles. The summed E-state index contributed by atoms with van der Waals surface area (Å²) in [6.45, 7) is 1.31. The second-order valence-corrected chi connectivity index (χ2v) is 10.8. The van der Waals surface area contributed by atoms with Crippen LogP contribution in [0.25, 0.3) is 0 Å². The largest absolute Gasteiger partial charge is 0.489 e. The van der Waals surface area contributed by atoms with Crippen LogP contribution >= 0.6 is 0 Å². The van der Waals surface area contributed by atoms with Crippen LogP contribution in [0.3, 0.4) is 0 Å². The number of para-hydroxylation sites is 4. The number of rotatable bonds is 4. The summed E-state index contributed by atoms with van der Waals surface area (Å²) in [4.78, 5) is 30.8. The lowest BCUT2D eigenvalue weighted by atomic mass is 9.88. The molecule has 3 aliphatic heterocycles. The van der Waals surface area contributed by atoms with E-state index in [1.54, 1.807) is 9.80 Å². The van der Waals surface area contributed by atoms with E-state index in [1.165, 1.54) is 0 Å². The molecule has 2 amide bonds. The summed E-state index contributed by atoms with van der Waals surface area (Å²) < 4.78 is 24.8. The van der Waals surface area contributed by atoms with Crippen LogP contribution in [-0.4, -0.2) is 60.1 Å². The predicted molar refractivity (Wildman–Crippen MR) is 164 cm³/mol.